The molecule has 0 fully saturated rings. The number of rotatable bonds is 5. The van der Waals surface area contributed by atoms with Crippen molar-refractivity contribution in [3.63, 3.8) is 0 Å². The van der Waals surface area contributed by atoms with Gasteiger partial charge in [0.2, 0.25) is 0 Å². The van der Waals surface area contributed by atoms with Gasteiger partial charge >= 0.3 is 5.97 Å². The standard InChI is InChI=1S/C13H15NO3S/c1-14(2)9-11(12(15)13(16)17-3)18-10-7-5-4-6-8-10/h4-9H,1-3H3/b11-9-. The van der Waals surface area contributed by atoms with Gasteiger partial charge in [0.05, 0.1) is 12.0 Å². The molecule has 18 heavy (non-hydrogen) atoms. The first kappa shape index (κ1) is 14.3. The van der Waals surface area contributed by atoms with Crippen molar-refractivity contribution in [3.8, 4) is 0 Å². The first-order valence-electron chi connectivity index (χ1n) is 5.28. The molecule has 0 saturated carbocycles. The molecule has 0 aliphatic carbocycles. The lowest BCUT2D eigenvalue weighted by Crippen LogP contribution is -2.18. The maximum Gasteiger partial charge on any atom is 0.380 e. The third-order valence-electron chi connectivity index (χ3n) is 1.94. The van der Waals surface area contributed by atoms with E-state index < -0.39 is 11.8 Å². The molecule has 0 unspecified atom stereocenters. The number of Topliss-reactive ketones (excluding diaryl/α,β-unsaturated/α-hetero) is 1. The molecule has 0 aliphatic heterocycles. The van der Waals surface area contributed by atoms with Crippen LogP contribution in [-0.2, 0) is 14.3 Å². The van der Waals surface area contributed by atoms with E-state index >= 15 is 0 Å². The summed E-state index contributed by atoms with van der Waals surface area (Å²) in [4.78, 5) is 26.0. The molecule has 0 bridgehead atoms. The predicted molar refractivity (Wildman–Crippen MR) is 71.1 cm³/mol. The number of hydrogen-bond acceptors (Lipinski definition) is 5. The Morgan fingerprint density at radius 2 is 1.83 bits per heavy atom. The number of ketones is 1. The smallest absolute Gasteiger partial charge is 0.380 e. The van der Waals surface area contributed by atoms with E-state index in [1.807, 2.05) is 30.3 Å². The van der Waals surface area contributed by atoms with Gasteiger partial charge < -0.3 is 9.64 Å². The summed E-state index contributed by atoms with van der Waals surface area (Å²) >= 11 is 1.24. The number of hydrogen-bond donors (Lipinski definition) is 0. The number of nitrogens with zero attached hydrogens (tertiary/aromatic N) is 1. The first-order chi connectivity index (χ1) is 8.54. The van der Waals surface area contributed by atoms with Crippen LogP contribution in [-0.4, -0.2) is 37.9 Å². The van der Waals surface area contributed by atoms with E-state index in [1.165, 1.54) is 18.9 Å². The van der Waals surface area contributed by atoms with Crippen LogP contribution in [0.2, 0.25) is 0 Å². The number of benzene rings is 1. The van der Waals surface area contributed by atoms with Crippen molar-refractivity contribution in [3.05, 3.63) is 41.4 Å². The summed E-state index contributed by atoms with van der Waals surface area (Å²) in [7, 11) is 4.77. The molecule has 5 heteroatoms. The Balaban J connectivity index is 2.94. The number of methoxy groups -OCH3 is 1. The van der Waals surface area contributed by atoms with Gasteiger partial charge in [-0.05, 0) is 12.1 Å². The van der Waals surface area contributed by atoms with Gasteiger partial charge in [-0.3, -0.25) is 4.79 Å². The third-order valence-corrected chi connectivity index (χ3v) is 2.96. The first-order valence-corrected chi connectivity index (χ1v) is 6.10. The summed E-state index contributed by atoms with van der Waals surface area (Å²) < 4.78 is 4.45. The van der Waals surface area contributed by atoms with Crippen LogP contribution in [0.5, 0.6) is 0 Å². The molecule has 0 heterocycles. The van der Waals surface area contributed by atoms with E-state index in [2.05, 4.69) is 4.74 Å². The van der Waals surface area contributed by atoms with Crippen molar-refractivity contribution in [1.29, 1.82) is 0 Å². The lowest BCUT2D eigenvalue weighted by molar-refractivity contribution is -0.149. The number of carbonyl (C=O) groups is 2. The molecular formula is C13H15NO3S. The second kappa shape index (κ2) is 6.86. The molecule has 0 saturated heterocycles. The number of carbonyl (C=O) groups excluding carboxylic acids is 2. The summed E-state index contributed by atoms with van der Waals surface area (Å²) in [5.41, 5.74) is 0. The average Bonchev–Trinajstić information content (AvgIpc) is 2.37. The molecule has 0 aliphatic rings. The van der Waals surface area contributed by atoms with E-state index in [4.69, 9.17) is 0 Å². The molecule has 0 N–H and O–H groups in total. The Morgan fingerprint density at radius 1 is 1.22 bits per heavy atom. The van der Waals surface area contributed by atoms with E-state index in [0.717, 1.165) is 4.90 Å². The van der Waals surface area contributed by atoms with E-state index in [9.17, 15) is 9.59 Å². The lowest BCUT2D eigenvalue weighted by Gasteiger charge is -2.10. The minimum atomic E-state index is -0.855. The molecule has 0 radical (unpaired) electrons. The van der Waals surface area contributed by atoms with Crippen molar-refractivity contribution in [2.24, 2.45) is 0 Å². The fourth-order valence-electron chi connectivity index (χ4n) is 1.17. The van der Waals surface area contributed by atoms with Crippen LogP contribution < -0.4 is 0 Å². The van der Waals surface area contributed by atoms with E-state index in [-0.39, 0.29) is 0 Å². The zero-order valence-electron chi connectivity index (χ0n) is 10.5. The van der Waals surface area contributed by atoms with Gasteiger partial charge in [0, 0.05) is 25.2 Å². The Labute approximate surface area is 111 Å². The van der Waals surface area contributed by atoms with Gasteiger partial charge in [0.25, 0.3) is 5.78 Å². The monoisotopic (exact) mass is 265 g/mol. The van der Waals surface area contributed by atoms with Crippen molar-refractivity contribution in [1.82, 2.24) is 4.90 Å². The van der Waals surface area contributed by atoms with Crippen LogP contribution in [0, 0.1) is 0 Å². The zero-order chi connectivity index (χ0) is 13.5. The van der Waals surface area contributed by atoms with Gasteiger partial charge in [0.15, 0.2) is 0 Å². The maximum atomic E-state index is 11.8. The van der Waals surface area contributed by atoms with Crippen molar-refractivity contribution in [2.75, 3.05) is 21.2 Å². The lowest BCUT2D eigenvalue weighted by atomic mass is 10.4. The third kappa shape index (κ3) is 4.25. The van der Waals surface area contributed by atoms with E-state index in [1.54, 1.807) is 25.2 Å². The summed E-state index contributed by atoms with van der Waals surface area (Å²) in [5, 5.41) is 0. The highest BCUT2D eigenvalue weighted by Gasteiger charge is 2.21. The normalized spacial score (nSPS) is 10.9. The van der Waals surface area contributed by atoms with Gasteiger partial charge in [-0.1, -0.05) is 30.0 Å². The van der Waals surface area contributed by atoms with Crippen LogP contribution in [0.15, 0.2) is 46.3 Å². The van der Waals surface area contributed by atoms with Crippen LogP contribution in [0.25, 0.3) is 0 Å². The van der Waals surface area contributed by atoms with Crippen molar-refractivity contribution in [2.45, 2.75) is 4.90 Å². The fraction of sp³-hybridized carbons (Fsp3) is 0.231. The molecule has 0 aromatic heterocycles. The Kier molecular flexibility index (Phi) is 5.45. The minimum Gasteiger partial charge on any atom is -0.463 e. The van der Waals surface area contributed by atoms with Crippen LogP contribution >= 0.6 is 11.8 Å². The van der Waals surface area contributed by atoms with Gasteiger partial charge in [0.1, 0.15) is 0 Å². The summed E-state index contributed by atoms with van der Waals surface area (Å²) in [6.45, 7) is 0. The molecule has 0 amide bonds. The second-order valence-electron chi connectivity index (χ2n) is 3.69. The Morgan fingerprint density at radius 3 is 2.33 bits per heavy atom. The van der Waals surface area contributed by atoms with Crippen LogP contribution in [0.4, 0.5) is 0 Å². The molecule has 96 valence electrons. The van der Waals surface area contributed by atoms with Crippen molar-refractivity contribution < 1.29 is 14.3 Å². The zero-order valence-corrected chi connectivity index (χ0v) is 11.4. The quantitative estimate of drug-likeness (QED) is 0.352. The highest BCUT2D eigenvalue weighted by atomic mass is 32.2. The maximum absolute atomic E-state index is 11.8. The molecular weight excluding hydrogens is 250 g/mol. The minimum absolute atomic E-state index is 0.332. The predicted octanol–water partition coefficient (Wildman–Crippen LogP) is 1.92. The van der Waals surface area contributed by atoms with E-state index in [0.29, 0.717) is 4.91 Å². The second-order valence-corrected chi connectivity index (χ2v) is 4.81. The Hall–Kier alpha value is -1.75. The number of thioether (sulfide) groups is 1. The van der Waals surface area contributed by atoms with Gasteiger partial charge in [-0.2, -0.15) is 0 Å². The number of ether oxygens (including phenoxy) is 1. The highest BCUT2D eigenvalue weighted by Crippen LogP contribution is 2.27. The molecule has 1 rings (SSSR count). The molecule has 1 aromatic carbocycles. The molecule has 0 atom stereocenters. The summed E-state index contributed by atoms with van der Waals surface area (Å²) in [6, 6.07) is 9.38. The molecule has 4 nitrogen and oxygen atoms in total. The number of esters is 1. The average molecular weight is 265 g/mol. The summed E-state index contributed by atoms with van der Waals surface area (Å²) in [5.74, 6) is -1.49. The summed E-state index contributed by atoms with van der Waals surface area (Å²) in [6.07, 6.45) is 1.61. The van der Waals surface area contributed by atoms with Gasteiger partial charge in [-0.25, -0.2) is 4.79 Å². The van der Waals surface area contributed by atoms with Crippen LogP contribution in [0.3, 0.4) is 0 Å². The fourth-order valence-corrected chi connectivity index (χ4v) is 2.16. The molecule has 1 aromatic rings. The van der Waals surface area contributed by atoms with Crippen LogP contribution in [0.1, 0.15) is 0 Å². The highest BCUT2D eigenvalue weighted by molar-refractivity contribution is 8.04. The topological polar surface area (TPSA) is 46.6 Å². The SMILES string of the molecule is COC(=O)C(=O)/C(=C/N(C)C)Sc1ccccc1. The Bertz CT molecular complexity index is 455. The largest absolute Gasteiger partial charge is 0.463 e. The molecule has 0 spiro atoms. The van der Waals surface area contributed by atoms with Crippen molar-refractivity contribution >= 4 is 23.5 Å². The van der Waals surface area contributed by atoms with Gasteiger partial charge in [-0.15, -0.1) is 0 Å².